The number of thioether (sulfide) groups is 1. The minimum Gasteiger partial charge on any atom is -0.380 e. The Morgan fingerprint density at radius 1 is 1.29 bits per heavy atom. The average molecular weight is 298 g/mol. The fourth-order valence-corrected chi connectivity index (χ4v) is 3.00. The van der Waals surface area contributed by atoms with Gasteiger partial charge in [0.2, 0.25) is 0 Å². The van der Waals surface area contributed by atoms with Gasteiger partial charge in [0.1, 0.15) is 0 Å². The van der Waals surface area contributed by atoms with Crippen molar-refractivity contribution in [3.63, 3.8) is 0 Å². The van der Waals surface area contributed by atoms with Crippen molar-refractivity contribution >= 4 is 23.1 Å². The Bertz CT molecular complexity index is 751. The molecule has 0 bridgehead atoms. The van der Waals surface area contributed by atoms with Crippen molar-refractivity contribution < 1.29 is 0 Å². The van der Waals surface area contributed by atoms with Crippen LogP contribution in [0.4, 0.5) is 5.69 Å². The van der Waals surface area contributed by atoms with Crippen molar-refractivity contribution in [1.82, 2.24) is 14.6 Å². The first kappa shape index (κ1) is 13.9. The number of aryl methyl sites for hydroxylation is 1. The molecule has 0 spiro atoms. The highest BCUT2D eigenvalue weighted by molar-refractivity contribution is 7.99. The van der Waals surface area contributed by atoms with Gasteiger partial charge in [0.25, 0.3) is 0 Å². The second-order valence-electron chi connectivity index (χ2n) is 4.83. The van der Waals surface area contributed by atoms with Crippen molar-refractivity contribution in [2.45, 2.75) is 25.3 Å². The van der Waals surface area contributed by atoms with Crippen molar-refractivity contribution in [3.8, 4) is 0 Å². The van der Waals surface area contributed by atoms with Crippen LogP contribution in [0.1, 0.15) is 18.2 Å². The van der Waals surface area contributed by atoms with Gasteiger partial charge < -0.3 is 5.32 Å². The Morgan fingerprint density at radius 2 is 2.14 bits per heavy atom. The minimum absolute atomic E-state index is 0.739. The molecule has 0 aliphatic rings. The first-order chi connectivity index (χ1) is 10.3. The number of aromatic nitrogens is 3. The van der Waals surface area contributed by atoms with Gasteiger partial charge in [-0.15, -0.1) is 11.8 Å². The van der Waals surface area contributed by atoms with E-state index in [1.54, 1.807) is 0 Å². The number of hydrogen-bond donors (Lipinski definition) is 1. The molecule has 2 aromatic heterocycles. The van der Waals surface area contributed by atoms with Crippen LogP contribution in [0.15, 0.2) is 47.6 Å². The molecule has 0 aliphatic heterocycles. The molecule has 0 radical (unpaired) electrons. The van der Waals surface area contributed by atoms with Crippen LogP contribution in [0.25, 0.3) is 5.65 Å². The smallest absolute Gasteiger partial charge is 0.155 e. The minimum atomic E-state index is 0.739. The third-order valence-corrected chi connectivity index (χ3v) is 4.11. The molecule has 0 unspecified atom stereocenters. The van der Waals surface area contributed by atoms with Crippen LogP contribution in [-0.2, 0) is 6.54 Å². The van der Waals surface area contributed by atoms with Gasteiger partial charge >= 0.3 is 0 Å². The molecule has 0 atom stereocenters. The maximum Gasteiger partial charge on any atom is 0.155 e. The molecule has 108 valence electrons. The van der Waals surface area contributed by atoms with Crippen LogP contribution >= 0.6 is 11.8 Å². The van der Waals surface area contributed by atoms with E-state index in [-0.39, 0.29) is 0 Å². The second kappa shape index (κ2) is 6.18. The summed E-state index contributed by atoms with van der Waals surface area (Å²) >= 11 is 1.85. The average Bonchev–Trinajstić information content (AvgIpc) is 2.86. The van der Waals surface area contributed by atoms with Crippen LogP contribution < -0.4 is 5.32 Å². The molecule has 1 aromatic carbocycles. The normalized spacial score (nSPS) is 11.0. The SMILES string of the molecule is CCSc1ccccc1NCc1cnc2cc(C)nn2c1. The zero-order valence-electron chi connectivity index (χ0n) is 12.2. The Balaban J connectivity index is 1.76. The first-order valence-electron chi connectivity index (χ1n) is 7.03. The third kappa shape index (κ3) is 3.19. The van der Waals surface area contributed by atoms with Gasteiger partial charge in [-0.2, -0.15) is 5.10 Å². The highest BCUT2D eigenvalue weighted by atomic mass is 32.2. The fraction of sp³-hybridized carbons (Fsp3) is 0.250. The molecule has 3 rings (SSSR count). The van der Waals surface area contributed by atoms with Crippen LogP contribution in [0, 0.1) is 6.92 Å². The molecule has 21 heavy (non-hydrogen) atoms. The summed E-state index contributed by atoms with van der Waals surface area (Å²) in [5, 5.41) is 7.88. The van der Waals surface area contributed by atoms with Crippen molar-refractivity contribution in [2.75, 3.05) is 11.1 Å². The van der Waals surface area contributed by atoms with E-state index in [1.165, 1.54) is 10.6 Å². The van der Waals surface area contributed by atoms with E-state index >= 15 is 0 Å². The number of benzene rings is 1. The molecule has 5 heteroatoms. The fourth-order valence-electron chi connectivity index (χ4n) is 2.22. The number of anilines is 1. The topological polar surface area (TPSA) is 42.2 Å². The summed E-state index contributed by atoms with van der Waals surface area (Å²) in [6.45, 7) is 4.88. The van der Waals surface area contributed by atoms with E-state index in [2.05, 4.69) is 46.6 Å². The molecule has 3 aromatic rings. The van der Waals surface area contributed by atoms with E-state index in [1.807, 2.05) is 41.7 Å². The summed E-state index contributed by atoms with van der Waals surface area (Å²) in [7, 11) is 0. The van der Waals surface area contributed by atoms with E-state index in [0.29, 0.717) is 0 Å². The van der Waals surface area contributed by atoms with Gasteiger partial charge in [0.05, 0.1) is 5.69 Å². The lowest BCUT2D eigenvalue weighted by atomic mass is 10.3. The summed E-state index contributed by atoms with van der Waals surface area (Å²) in [5.74, 6) is 1.07. The number of nitrogens with zero attached hydrogens (tertiary/aromatic N) is 3. The molecular formula is C16H18N4S. The number of para-hydroxylation sites is 1. The van der Waals surface area contributed by atoms with E-state index in [9.17, 15) is 0 Å². The highest BCUT2D eigenvalue weighted by Crippen LogP contribution is 2.26. The molecule has 0 saturated carbocycles. The van der Waals surface area contributed by atoms with Crippen molar-refractivity contribution in [2.24, 2.45) is 0 Å². The molecule has 0 fully saturated rings. The zero-order chi connectivity index (χ0) is 14.7. The Hall–Kier alpha value is -2.01. The maximum absolute atomic E-state index is 4.43. The van der Waals surface area contributed by atoms with Crippen LogP contribution in [0.2, 0.25) is 0 Å². The zero-order valence-corrected chi connectivity index (χ0v) is 13.0. The summed E-state index contributed by atoms with van der Waals surface area (Å²) in [5.41, 5.74) is 4.15. The summed E-state index contributed by atoms with van der Waals surface area (Å²) in [6.07, 6.45) is 3.93. The Morgan fingerprint density at radius 3 is 3.00 bits per heavy atom. The van der Waals surface area contributed by atoms with Gasteiger partial charge in [-0.3, -0.25) is 0 Å². The molecular weight excluding hydrogens is 280 g/mol. The molecule has 0 aliphatic carbocycles. The molecule has 0 amide bonds. The van der Waals surface area contributed by atoms with E-state index in [0.717, 1.165) is 29.2 Å². The third-order valence-electron chi connectivity index (χ3n) is 3.16. The van der Waals surface area contributed by atoms with Gasteiger partial charge in [-0.1, -0.05) is 19.1 Å². The number of nitrogens with one attached hydrogen (secondary N) is 1. The lowest BCUT2D eigenvalue weighted by Gasteiger charge is -2.11. The lowest BCUT2D eigenvalue weighted by Crippen LogP contribution is -2.03. The second-order valence-corrected chi connectivity index (χ2v) is 6.14. The largest absolute Gasteiger partial charge is 0.380 e. The van der Waals surface area contributed by atoms with Crippen LogP contribution in [0.5, 0.6) is 0 Å². The van der Waals surface area contributed by atoms with Crippen LogP contribution in [-0.4, -0.2) is 20.4 Å². The van der Waals surface area contributed by atoms with Crippen molar-refractivity contribution in [1.29, 1.82) is 0 Å². The van der Waals surface area contributed by atoms with Gasteiger partial charge in [0.15, 0.2) is 5.65 Å². The summed E-state index contributed by atoms with van der Waals surface area (Å²) in [6, 6.07) is 10.4. The van der Waals surface area contributed by atoms with Crippen LogP contribution in [0.3, 0.4) is 0 Å². The molecule has 1 N–H and O–H groups in total. The monoisotopic (exact) mass is 298 g/mol. The van der Waals surface area contributed by atoms with Gasteiger partial charge in [-0.05, 0) is 24.8 Å². The summed E-state index contributed by atoms with van der Waals surface area (Å²) < 4.78 is 1.83. The standard InChI is InChI=1S/C16H18N4S/c1-3-21-15-7-5-4-6-14(15)17-9-13-10-18-16-8-12(2)19-20(16)11-13/h4-8,10-11,17H,3,9H2,1-2H3. The summed E-state index contributed by atoms with van der Waals surface area (Å²) in [4.78, 5) is 5.71. The highest BCUT2D eigenvalue weighted by Gasteiger charge is 2.03. The van der Waals surface area contributed by atoms with Crippen molar-refractivity contribution in [3.05, 3.63) is 54.0 Å². The number of rotatable bonds is 5. The quantitative estimate of drug-likeness (QED) is 0.728. The lowest BCUT2D eigenvalue weighted by molar-refractivity contribution is 0.895. The molecule has 2 heterocycles. The number of fused-ring (bicyclic) bond motifs is 1. The molecule has 0 saturated heterocycles. The van der Waals surface area contributed by atoms with Gasteiger partial charge in [-0.25, -0.2) is 9.50 Å². The predicted octanol–water partition coefficient (Wildman–Crippen LogP) is 3.76. The maximum atomic E-state index is 4.43. The first-order valence-corrected chi connectivity index (χ1v) is 8.01. The Labute approximate surface area is 128 Å². The predicted molar refractivity (Wildman–Crippen MR) is 87.9 cm³/mol. The van der Waals surface area contributed by atoms with Gasteiger partial charge in [0, 0.05) is 41.2 Å². The number of hydrogen-bond acceptors (Lipinski definition) is 4. The van der Waals surface area contributed by atoms with E-state index in [4.69, 9.17) is 0 Å². The Kier molecular flexibility index (Phi) is 4.10. The van der Waals surface area contributed by atoms with E-state index < -0.39 is 0 Å². The molecule has 4 nitrogen and oxygen atoms in total.